The number of thiophene rings is 1. The number of methoxy groups -OCH3 is 1. The Balaban J connectivity index is 1.54. The minimum Gasteiger partial charge on any atom is -0.465 e. The number of hydrogen-bond donors (Lipinski definition) is 2. The molecule has 0 amide bonds. The van der Waals surface area contributed by atoms with Gasteiger partial charge in [-0.05, 0) is 75.0 Å². The van der Waals surface area contributed by atoms with Crippen molar-refractivity contribution in [2.24, 2.45) is 0 Å². The lowest BCUT2D eigenvalue weighted by atomic mass is 10.1. The maximum atomic E-state index is 12.6. The fraction of sp³-hybridized carbons (Fsp3) is 0.375. The van der Waals surface area contributed by atoms with Crippen molar-refractivity contribution in [3.63, 3.8) is 0 Å². The van der Waals surface area contributed by atoms with Gasteiger partial charge in [0, 0.05) is 4.88 Å². The van der Waals surface area contributed by atoms with Crippen molar-refractivity contribution in [2.45, 2.75) is 52.5 Å². The molecule has 0 aliphatic heterocycles. The van der Waals surface area contributed by atoms with Crippen LogP contribution in [-0.4, -0.2) is 28.0 Å². The Morgan fingerprint density at radius 2 is 1.94 bits per heavy atom. The van der Waals surface area contributed by atoms with Crippen molar-refractivity contribution in [3.8, 4) is 0 Å². The molecular formula is C24H26Cl2N4O2S2. The smallest absolute Gasteiger partial charge is 0.341 e. The number of hydrogen-bond acceptors (Lipinski definition) is 5. The van der Waals surface area contributed by atoms with Crippen molar-refractivity contribution in [1.29, 1.82) is 0 Å². The lowest BCUT2D eigenvalue weighted by Crippen LogP contribution is -2.21. The van der Waals surface area contributed by atoms with E-state index in [-0.39, 0.29) is 5.97 Å². The number of anilines is 2. The van der Waals surface area contributed by atoms with Gasteiger partial charge in [0.2, 0.25) is 0 Å². The SMILES string of the molecule is COC(=O)c1c(NC(=S)Nc2c(C)nn(Cc3ccc(Cl)c(Cl)c3)c2C)sc2c1CCCCC2. The summed E-state index contributed by atoms with van der Waals surface area (Å²) in [6.45, 7) is 4.46. The molecule has 0 fully saturated rings. The highest BCUT2D eigenvalue weighted by Gasteiger charge is 2.26. The highest BCUT2D eigenvalue weighted by atomic mass is 35.5. The van der Waals surface area contributed by atoms with Crippen molar-refractivity contribution >= 4 is 68.5 Å². The first kappa shape index (κ1) is 25.0. The predicted octanol–water partition coefficient (Wildman–Crippen LogP) is 6.78. The summed E-state index contributed by atoms with van der Waals surface area (Å²) in [5, 5.41) is 13.4. The molecule has 2 N–H and O–H groups in total. The van der Waals surface area contributed by atoms with Gasteiger partial charge in [-0.1, -0.05) is 35.7 Å². The lowest BCUT2D eigenvalue weighted by Gasteiger charge is -2.12. The van der Waals surface area contributed by atoms with E-state index in [1.807, 2.05) is 30.7 Å². The average molecular weight is 538 g/mol. The largest absolute Gasteiger partial charge is 0.465 e. The molecule has 34 heavy (non-hydrogen) atoms. The average Bonchev–Trinajstić information content (AvgIpc) is 3.15. The number of rotatable bonds is 5. The number of thiocarbonyl (C=S) groups is 1. The second-order valence-electron chi connectivity index (χ2n) is 8.29. The molecule has 0 unspecified atom stereocenters. The quantitative estimate of drug-likeness (QED) is 0.213. The Labute approximate surface area is 218 Å². The summed E-state index contributed by atoms with van der Waals surface area (Å²) >= 11 is 19.4. The van der Waals surface area contributed by atoms with E-state index in [0.717, 1.165) is 58.9 Å². The van der Waals surface area contributed by atoms with Gasteiger partial charge < -0.3 is 15.4 Å². The van der Waals surface area contributed by atoms with Crippen LogP contribution in [0.4, 0.5) is 10.7 Å². The van der Waals surface area contributed by atoms with Crippen LogP contribution in [0.2, 0.25) is 10.0 Å². The fourth-order valence-corrected chi connectivity index (χ4v) is 6.11. The molecule has 1 aliphatic rings. The van der Waals surface area contributed by atoms with E-state index in [9.17, 15) is 4.79 Å². The molecule has 0 spiro atoms. The van der Waals surface area contributed by atoms with E-state index in [1.54, 1.807) is 17.4 Å². The van der Waals surface area contributed by atoms with E-state index in [1.165, 1.54) is 18.4 Å². The van der Waals surface area contributed by atoms with Crippen LogP contribution >= 0.6 is 46.8 Å². The van der Waals surface area contributed by atoms with Crippen LogP contribution in [-0.2, 0) is 24.1 Å². The molecule has 2 aromatic heterocycles. The Kier molecular flexibility index (Phi) is 7.82. The molecule has 0 atom stereocenters. The molecule has 6 nitrogen and oxygen atoms in total. The lowest BCUT2D eigenvalue weighted by molar-refractivity contribution is 0.0601. The summed E-state index contributed by atoms with van der Waals surface area (Å²) in [4.78, 5) is 13.8. The third kappa shape index (κ3) is 5.25. The first-order chi connectivity index (χ1) is 16.3. The summed E-state index contributed by atoms with van der Waals surface area (Å²) in [6, 6.07) is 5.55. The van der Waals surface area contributed by atoms with Gasteiger partial charge >= 0.3 is 5.97 Å². The van der Waals surface area contributed by atoms with Gasteiger partial charge in [-0.25, -0.2) is 4.79 Å². The highest BCUT2D eigenvalue weighted by Crippen LogP contribution is 2.38. The minimum absolute atomic E-state index is 0.327. The van der Waals surface area contributed by atoms with E-state index in [2.05, 4.69) is 15.7 Å². The van der Waals surface area contributed by atoms with Crippen LogP contribution in [0.5, 0.6) is 0 Å². The van der Waals surface area contributed by atoms with Crippen molar-refractivity contribution < 1.29 is 9.53 Å². The number of esters is 1. The second-order valence-corrected chi connectivity index (χ2v) is 10.6. The molecule has 0 saturated heterocycles. The zero-order valence-electron chi connectivity index (χ0n) is 19.3. The summed E-state index contributed by atoms with van der Waals surface area (Å²) in [5.41, 5.74) is 5.28. The van der Waals surface area contributed by atoms with Crippen molar-refractivity contribution in [3.05, 3.63) is 61.2 Å². The number of aryl methyl sites for hydroxylation is 2. The van der Waals surface area contributed by atoms with Gasteiger partial charge in [-0.15, -0.1) is 11.3 Å². The normalized spacial score (nSPS) is 13.2. The summed E-state index contributed by atoms with van der Waals surface area (Å²) in [6.07, 6.45) is 5.25. The maximum absolute atomic E-state index is 12.6. The van der Waals surface area contributed by atoms with Crippen LogP contribution in [0.1, 0.15) is 57.0 Å². The zero-order valence-corrected chi connectivity index (χ0v) is 22.4. The number of carbonyl (C=O) groups excluding carboxylic acids is 1. The number of carbonyl (C=O) groups is 1. The first-order valence-electron chi connectivity index (χ1n) is 11.1. The Bertz CT molecular complexity index is 1250. The number of aromatic nitrogens is 2. The Hall–Kier alpha value is -2.13. The molecule has 180 valence electrons. The molecular weight excluding hydrogens is 511 g/mol. The third-order valence-electron chi connectivity index (χ3n) is 5.97. The summed E-state index contributed by atoms with van der Waals surface area (Å²) in [7, 11) is 1.42. The van der Waals surface area contributed by atoms with Gasteiger partial charge in [0.15, 0.2) is 5.11 Å². The van der Waals surface area contributed by atoms with E-state index in [0.29, 0.717) is 27.3 Å². The minimum atomic E-state index is -0.327. The highest BCUT2D eigenvalue weighted by molar-refractivity contribution is 7.80. The van der Waals surface area contributed by atoms with E-state index in [4.69, 9.17) is 40.2 Å². The number of halogens is 2. The van der Waals surface area contributed by atoms with Crippen LogP contribution in [0.15, 0.2) is 18.2 Å². The number of nitrogens with one attached hydrogen (secondary N) is 2. The molecule has 1 aromatic carbocycles. The topological polar surface area (TPSA) is 68.2 Å². The molecule has 0 bridgehead atoms. The predicted molar refractivity (Wildman–Crippen MR) is 144 cm³/mol. The van der Waals surface area contributed by atoms with Crippen LogP contribution in [0.3, 0.4) is 0 Å². The van der Waals surface area contributed by atoms with E-state index >= 15 is 0 Å². The van der Waals surface area contributed by atoms with Gasteiger partial charge in [0.25, 0.3) is 0 Å². The second kappa shape index (κ2) is 10.6. The van der Waals surface area contributed by atoms with Crippen LogP contribution < -0.4 is 10.6 Å². The molecule has 1 aliphatic carbocycles. The number of nitrogens with zero attached hydrogens (tertiary/aromatic N) is 2. The van der Waals surface area contributed by atoms with Gasteiger partial charge in [0.1, 0.15) is 5.00 Å². The molecule has 2 heterocycles. The summed E-state index contributed by atoms with van der Waals surface area (Å²) < 4.78 is 6.98. The van der Waals surface area contributed by atoms with Crippen molar-refractivity contribution in [1.82, 2.24) is 9.78 Å². The number of benzene rings is 1. The molecule has 3 aromatic rings. The number of fused-ring (bicyclic) bond motifs is 1. The monoisotopic (exact) mass is 536 g/mol. The summed E-state index contributed by atoms with van der Waals surface area (Å²) in [5.74, 6) is -0.327. The maximum Gasteiger partial charge on any atom is 0.341 e. The Morgan fingerprint density at radius 1 is 1.18 bits per heavy atom. The number of ether oxygens (including phenoxy) is 1. The van der Waals surface area contributed by atoms with Crippen LogP contribution in [0, 0.1) is 13.8 Å². The standard InChI is InChI=1S/C24H26Cl2N4O2S2/c1-13-21(14(2)30(29-13)12-15-9-10-17(25)18(26)11-15)27-24(33)28-22-20(23(31)32-3)16-7-5-4-6-8-19(16)34-22/h9-11H,4-8,12H2,1-3H3,(H2,27,28,33). The van der Waals surface area contributed by atoms with Gasteiger partial charge in [-0.2, -0.15) is 5.10 Å². The van der Waals surface area contributed by atoms with Gasteiger partial charge in [-0.3, -0.25) is 4.68 Å². The zero-order chi connectivity index (χ0) is 24.4. The first-order valence-corrected chi connectivity index (χ1v) is 13.0. The van der Waals surface area contributed by atoms with Crippen molar-refractivity contribution in [2.75, 3.05) is 17.7 Å². The molecule has 10 heteroatoms. The van der Waals surface area contributed by atoms with Gasteiger partial charge in [0.05, 0.1) is 46.3 Å². The Morgan fingerprint density at radius 3 is 2.68 bits per heavy atom. The van der Waals surface area contributed by atoms with Crippen LogP contribution in [0.25, 0.3) is 0 Å². The molecule has 4 rings (SSSR count). The third-order valence-corrected chi connectivity index (χ3v) is 8.12. The van der Waals surface area contributed by atoms with E-state index < -0.39 is 0 Å². The fourth-order valence-electron chi connectivity index (χ4n) is 4.24. The molecule has 0 radical (unpaired) electrons. The molecule has 0 saturated carbocycles.